The van der Waals surface area contributed by atoms with Crippen LogP contribution < -0.4 is 15.0 Å². The first-order chi connectivity index (χ1) is 11.6. The van der Waals surface area contributed by atoms with Gasteiger partial charge in [-0.1, -0.05) is 30.3 Å². The lowest BCUT2D eigenvalue weighted by atomic mass is 9.99. The molecule has 0 atom stereocenters. The van der Waals surface area contributed by atoms with Crippen LogP contribution in [0, 0.1) is 0 Å². The first-order valence-corrected chi connectivity index (χ1v) is 7.96. The zero-order valence-corrected chi connectivity index (χ0v) is 13.6. The van der Waals surface area contributed by atoms with Gasteiger partial charge < -0.3 is 15.0 Å². The van der Waals surface area contributed by atoms with Gasteiger partial charge in [-0.3, -0.25) is 9.59 Å². The van der Waals surface area contributed by atoms with E-state index in [0.29, 0.717) is 18.7 Å². The number of carbonyl (C=O) groups excluding carboxylic acids is 2. The van der Waals surface area contributed by atoms with Gasteiger partial charge in [0.05, 0.1) is 0 Å². The number of fused-ring (bicyclic) bond motifs is 1. The van der Waals surface area contributed by atoms with Crippen molar-refractivity contribution >= 4 is 17.5 Å². The number of carbonyl (C=O) groups is 2. The lowest BCUT2D eigenvalue weighted by molar-refractivity contribution is -0.123. The Bertz CT molecular complexity index is 744. The molecule has 5 nitrogen and oxygen atoms in total. The minimum absolute atomic E-state index is 0.00774. The van der Waals surface area contributed by atoms with E-state index in [9.17, 15) is 9.59 Å². The van der Waals surface area contributed by atoms with Crippen molar-refractivity contribution in [1.82, 2.24) is 5.32 Å². The summed E-state index contributed by atoms with van der Waals surface area (Å²) in [5.41, 5.74) is 3.11. The topological polar surface area (TPSA) is 58.6 Å². The van der Waals surface area contributed by atoms with Gasteiger partial charge in [0.15, 0.2) is 6.61 Å². The highest BCUT2D eigenvalue weighted by atomic mass is 16.5. The molecule has 0 saturated heterocycles. The van der Waals surface area contributed by atoms with Crippen molar-refractivity contribution in [3.8, 4) is 5.75 Å². The summed E-state index contributed by atoms with van der Waals surface area (Å²) in [6.45, 7) is 0.439. The molecule has 2 aromatic carbocycles. The zero-order valence-electron chi connectivity index (χ0n) is 13.6. The van der Waals surface area contributed by atoms with E-state index in [2.05, 4.69) is 11.4 Å². The quantitative estimate of drug-likeness (QED) is 0.918. The molecule has 3 rings (SSSR count). The maximum Gasteiger partial charge on any atom is 0.258 e. The average molecular weight is 324 g/mol. The van der Waals surface area contributed by atoms with Crippen molar-refractivity contribution in [3.05, 3.63) is 59.7 Å². The Balaban J connectivity index is 1.53. The van der Waals surface area contributed by atoms with Crippen LogP contribution in [-0.4, -0.2) is 25.5 Å². The Hall–Kier alpha value is -2.82. The molecule has 2 amide bonds. The molecule has 24 heavy (non-hydrogen) atoms. The monoisotopic (exact) mass is 324 g/mol. The largest absolute Gasteiger partial charge is 0.484 e. The third-order valence-corrected chi connectivity index (χ3v) is 4.09. The SMILES string of the molecule is CN1C(=O)CCc2cc(CNC(=O)COc3ccccc3)ccc21. The van der Waals surface area contributed by atoms with Gasteiger partial charge in [0.25, 0.3) is 5.91 Å². The molecule has 124 valence electrons. The van der Waals surface area contributed by atoms with Crippen LogP contribution in [-0.2, 0) is 22.6 Å². The molecule has 1 N–H and O–H groups in total. The lowest BCUT2D eigenvalue weighted by Crippen LogP contribution is -2.31. The average Bonchev–Trinajstić information content (AvgIpc) is 2.62. The fourth-order valence-electron chi connectivity index (χ4n) is 2.74. The molecule has 1 heterocycles. The highest BCUT2D eigenvalue weighted by Crippen LogP contribution is 2.27. The molecule has 0 aliphatic carbocycles. The maximum atomic E-state index is 11.9. The van der Waals surface area contributed by atoms with Gasteiger partial charge in [-0.15, -0.1) is 0 Å². The normalized spacial score (nSPS) is 13.4. The van der Waals surface area contributed by atoms with Crippen molar-refractivity contribution in [1.29, 1.82) is 0 Å². The van der Waals surface area contributed by atoms with Crippen LogP contribution in [0.25, 0.3) is 0 Å². The molecule has 0 saturated carbocycles. The van der Waals surface area contributed by atoms with Crippen LogP contribution in [0.2, 0.25) is 0 Å². The number of anilines is 1. The molecule has 0 spiro atoms. The minimum atomic E-state index is -0.163. The molecule has 2 aromatic rings. The van der Waals surface area contributed by atoms with Gasteiger partial charge in [0, 0.05) is 25.7 Å². The van der Waals surface area contributed by atoms with Crippen molar-refractivity contribution in [3.63, 3.8) is 0 Å². The van der Waals surface area contributed by atoms with Crippen molar-refractivity contribution in [2.75, 3.05) is 18.6 Å². The number of ether oxygens (including phenoxy) is 1. The predicted molar refractivity (Wildman–Crippen MR) is 92.0 cm³/mol. The molecule has 0 fully saturated rings. The predicted octanol–water partition coefficient (Wildman–Crippen LogP) is 2.29. The van der Waals surface area contributed by atoms with Crippen LogP contribution >= 0.6 is 0 Å². The van der Waals surface area contributed by atoms with E-state index >= 15 is 0 Å². The van der Waals surface area contributed by atoms with E-state index in [0.717, 1.165) is 23.2 Å². The molecule has 1 aliphatic rings. The first kappa shape index (κ1) is 16.1. The van der Waals surface area contributed by atoms with Crippen molar-refractivity contribution < 1.29 is 14.3 Å². The van der Waals surface area contributed by atoms with Crippen LogP contribution in [0.15, 0.2) is 48.5 Å². The molecule has 0 aromatic heterocycles. The number of benzene rings is 2. The smallest absolute Gasteiger partial charge is 0.258 e. The number of hydrogen-bond acceptors (Lipinski definition) is 3. The molecule has 1 aliphatic heterocycles. The zero-order chi connectivity index (χ0) is 16.9. The van der Waals surface area contributed by atoms with Crippen LogP contribution in [0.3, 0.4) is 0 Å². The Morgan fingerprint density at radius 2 is 1.96 bits per heavy atom. The van der Waals surface area contributed by atoms with Crippen LogP contribution in [0.1, 0.15) is 17.5 Å². The van der Waals surface area contributed by atoms with Gasteiger partial charge in [-0.2, -0.15) is 0 Å². The van der Waals surface area contributed by atoms with Gasteiger partial charge >= 0.3 is 0 Å². The summed E-state index contributed by atoms with van der Waals surface area (Å²) in [6.07, 6.45) is 1.28. The summed E-state index contributed by atoms with van der Waals surface area (Å²) in [5, 5.41) is 2.85. The van der Waals surface area contributed by atoms with E-state index in [1.165, 1.54) is 0 Å². The van der Waals surface area contributed by atoms with Crippen LogP contribution in [0.5, 0.6) is 5.75 Å². The third kappa shape index (κ3) is 3.74. The van der Waals surface area contributed by atoms with Crippen molar-refractivity contribution in [2.45, 2.75) is 19.4 Å². The maximum absolute atomic E-state index is 11.9. The second-order valence-corrected chi connectivity index (χ2v) is 5.79. The number of hydrogen-bond donors (Lipinski definition) is 1. The minimum Gasteiger partial charge on any atom is -0.484 e. The number of rotatable bonds is 5. The summed E-state index contributed by atoms with van der Waals surface area (Å²) in [5.74, 6) is 0.652. The Morgan fingerprint density at radius 1 is 1.17 bits per heavy atom. The summed E-state index contributed by atoms with van der Waals surface area (Å²) < 4.78 is 5.42. The second-order valence-electron chi connectivity index (χ2n) is 5.79. The molecule has 0 radical (unpaired) electrons. The van der Waals surface area contributed by atoms with Crippen LogP contribution in [0.4, 0.5) is 5.69 Å². The Kier molecular flexibility index (Phi) is 4.79. The molecule has 0 bridgehead atoms. The number of aryl methyl sites for hydroxylation is 1. The molecule has 0 unspecified atom stereocenters. The molecular formula is C19H20N2O3. The highest BCUT2D eigenvalue weighted by molar-refractivity contribution is 5.95. The number of amides is 2. The molecular weight excluding hydrogens is 304 g/mol. The van der Waals surface area contributed by atoms with Gasteiger partial charge in [-0.05, 0) is 35.7 Å². The lowest BCUT2D eigenvalue weighted by Gasteiger charge is -2.26. The van der Waals surface area contributed by atoms with E-state index < -0.39 is 0 Å². The van der Waals surface area contributed by atoms with E-state index in [4.69, 9.17) is 4.74 Å². The summed E-state index contributed by atoms with van der Waals surface area (Å²) in [6, 6.07) is 15.2. The standard InChI is InChI=1S/C19H20N2O3/c1-21-17-9-7-14(11-15(17)8-10-19(21)23)12-20-18(22)13-24-16-5-3-2-4-6-16/h2-7,9,11H,8,10,12-13H2,1H3,(H,20,22). The fourth-order valence-corrected chi connectivity index (χ4v) is 2.74. The molecule has 5 heteroatoms. The third-order valence-electron chi connectivity index (χ3n) is 4.09. The number of para-hydroxylation sites is 1. The first-order valence-electron chi connectivity index (χ1n) is 7.96. The van der Waals surface area contributed by atoms with Gasteiger partial charge in [-0.25, -0.2) is 0 Å². The van der Waals surface area contributed by atoms with E-state index in [1.807, 2.05) is 42.5 Å². The fraction of sp³-hybridized carbons (Fsp3) is 0.263. The summed E-state index contributed by atoms with van der Waals surface area (Å²) >= 11 is 0. The Labute approximate surface area is 141 Å². The van der Waals surface area contributed by atoms with E-state index in [1.54, 1.807) is 11.9 Å². The second kappa shape index (κ2) is 7.17. The number of nitrogens with zero attached hydrogens (tertiary/aromatic N) is 1. The Morgan fingerprint density at radius 3 is 2.75 bits per heavy atom. The summed E-state index contributed by atoms with van der Waals surface area (Å²) in [7, 11) is 1.79. The summed E-state index contributed by atoms with van der Waals surface area (Å²) in [4.78, 5) is 25.3. The van der Waals surface area contributed by atoms with E-state index in [-0.39, 0.29) is 18.4 Å². The number of nitrogens with one attached hydrogen (secondary N) is 1. The van der Waals surface area contributed by atoms with Gasteiger partial charge in [0.2, 0.25) is 5.91 Å². The van der Waals surface area contributed by atoms with Gasteiger partial charge in [0.1, 0.15) is 5.75 Å². The highest BCUT2D eigenvalue weighted by Gasteiger charge is 2.20. The van der Waals surface area contributed by atoms with Crippen molar-refractivity contribution in [2.24, 2.45) is 0 Å².